The van der Waals surface area contributed by atoms with E-state index in [4.69, 9.17) is 19.4 Å². The van der Waals surface area contributed by atoms with Gasteiger partial charge in [-0.2, -0.15) is 0 Å². The van der Waals surface area contributed by atoms with E-state index in [0.29, 0.717) is 17.5 Å². The molecular formula is C57H35N3O. The van der Waals surface area contributed by atoms with E-state index < -0.39 is 0 Å². The van der Waals surface area contributed by atoms with Gasteiger partial charge in [-0.15, -0.1) is 0 Å². The summed E-state index contributed by atoms with van der Waals surface area (Å²) in [5.74, 6) is 1.88. The summed E-state index contributed by atoms with van der Waals surface area (Å²) in [6, 6.07) is 74.7. The maximum atomic E-state index is 6.71. The zero-order valence-corrected chi connectivity index (χ0v) is 33.0. The van der Waals surface area contributed by atoms with Gasteiger partial charge in [-0.25, -0.2) is 15.0 Å². The molecule has 0 saturated heterocycles. The number of hydrogen-bond donors (Lipinski definition) is 0. The van der Waals surface area contributed by atoms with Crippen molar-refractivity contribution in [3.05, 3.63) is 212 Å². The lowest BCUT2D eigenvalue weighted by Gasteiger charge is -2.14. The Morgan fingerprint density at radius 2 is 0.738 bits per heavy atom. The summed E-state index contributed by atoms with van der Waals surface area (Å²) in [7, 11) is 0. The molecule has 0 N–H and O–H groups in total. The summed E-state index contributed by atoms with van der Waals surface area (Å²) in [6.45, 7) is 0. The molecule has 12 rings (SSSR count). The SMILES string of the molecule is c1ccc(-c2ccc(-c3nc(-c4ccccc4)nc(-c4cccc(-c5ccc6oc7c8ccccc8c(-c8cc9ccccc9c9ccccc89)cc7c6c5)c4)n3)cc2)cc1. The first-order valence-corrected chi connectivity index (χ1v) is 20.6. The quantitative estimate of drug-likeness (QED) is 0.158. The molecule has 0 spiro atoms. The summed E-state index contributed by atoms with van der Waals surface area (Å²) in [5, 5.41) is 9.40. The zero-order valence-electron chi connectivity index (χ0n) is 33.0. The van der Waals surface area contributed by atoms with Crippen molar-refractivity contribution in [2.45, 2.75) is 0 Å². The predicted octanol–water partition coefficient (Wildman–Crippen LogP) is 15.2. The topological polar surface area (TPSA) is 51.8 Å². The van der Waals surface area contributed by atoms with E-state index in [2.05, 4.69) is 176 Å². The molecule has 0 aliphatic rings. The average molecular weight is 778 g/mol. The minimum Gasteiger partial charge on any atom is -0.455 e. The van der Waals surface area contributed by atoms with Gasteiger partial charge < -0.3 is 4.42 Å². The lowest BCUT2D eigenvalue weighted by atomic mass is 9.89. The zero-order chi connectivity index (χ0) is 40.3. The van der Waals surface area contributed by atoms with Gasteiger partial charge in [0.25, 0.3) is 0 Å². The molecule has 2 heterocycles. The van der Waals surface area contributed by atoms with Crippen LogP contribution >= 0.6 is 0 Å². The second kappa shape index (κ2) is 14.3. The standard InChI is InChI=1S/C57H35N3O/c1-3-14-36(15-4-1)37-26-28-39(29-27-37)56-58-55(38-16-5-2-6-17-38)59-57(60-56)43-20-13-19-40(32-43)41-30-31-53-51(33-41)52-35-50(47-24-11-12-25-48(47)54(52)61-53)49-34-42-18-7-8-21-44(42)45-22-9-10-23-46(45)49/h1-35H. The lowest BCUT2D eigenvalue weighted by molar-refractivity contribution is 0.673. The molecule has 0 bridgehead atoms. The van der Waals surface area contributed by atoms with E-state index >= 15 is 0 Å². The summed E-state index contributed by atoms with van der Waals surface area (Å²) in [4.78, 5) is 15.1. The highest BCUT2D eigenvalue weighted by molar-refractivity contribution is 6.23. The summed E-state index contributed by atoms with van der Waals surface area (Å²) in [6.07, 6.45) is 0. The number of nitrogens with zero attached hydrogens (tertiary/aromatic N) is 3. The Labute approximate surface area is 352 Å². The van der Waals surface area contributed by atoms with Crippen LogP contribution in [0.2, 0.25) is 0 Å². The minimum atomic E-state index is 0.617. The highest BCUT2D eigenvalue weighted by Gasteiger charge is 2.19. The lowest BCUT2D eigenvalue weighted by Crippen LogP contribution is -2.00. The fraction of sp³-hybridized carbons (Fsp3) is 0. The van der Waals surface area contributed by atoms with Crippen LogP contribution in [0.25, 0.3) is 122 Å². The van der Waals surface area contributed by atoms with Crippen molar-refractivity contribution in [1.29, 1.82) is 0 Å². The van der Waals surface area contributed by atoms with Gasteiger partial charge in [-0.05, 0) is 90.6 Å². The number of hydrogen-bond acceptors (Lipinski definition) is 4. The Kier molecular flexibility index (Phi) is 8.13. The fourth-order valence-electron chi connectivity index (χ4n) is 8.91. The van der Waals surface area contributed by atoms with Crippen molar-refractivity contribution >= 4 is 54.3 Å². The minimum absolute atomic E-state index is 0.617. The van der Waals surface area contributed by atoms with Crippen LogP contribution in [0.15, 0.2) is 217 Å². The molecule has 0 aliphatic carbocycles. The van der Waals surface area contributed by atoms with Gasteiger partial charge in [0, 0.05) is 32.8 Å². The molecule has 0 atom stereocenters. The molecule has 0 saturated carbocycles. The number of fused-ring (bicyclic) bond motifs is 8. The van der Waals surface area contributed by atoms with Crippen LogP contribution in [0.3, 0.4) is 0 Å². The first kappa shape index (κ1) is 34.8. The molecule has 10 aromatic carbocycles. The molecule has 2 aromatic heterocycles. The fourth-order valence-corrected chi connectivity index (χ4v) is 8.91. The first-order chi connectivity index (χ1) is 30.2. The highest BCUT2D eigenvalue weighted by Crippen LogP contribution is 2.44. The van der Waals surface area contributed by atoms with Crippen molar-refractivity contribution in [2.75, 3.05) is 0 Å². The molecule has 0 amide bonds. The Balaban J connectivity index is 0.991. The van der Waals surface area contributed by atoms with Crippen LogP contribution in [0.1, 0.15) is 0 Å². The molecule has 4 nitrogen and oxygen atoms in total. The third kappa shape index (κ3) is 6.04. The summed E-state index contributed by atoms with van der Waals surface area (Å²) in [5.41, 5.74) is 11.4. The molecule has 0 radical (unpaired) electrons. The van der Waals surface area contributed by atoms with Gasteiger partial charge in [0.15, 0.2) is 17.5 Å². The van der Waals surface area contributed by atoms with Crippen molar-refractivity contribution in [3.8, 4) is 67.5 Å². The van der Waals surface area contributed by atoms with Gasteiger partial charge in [0.2, 0.25) is 0 Å². The van der Waals surface area contributed by atoms with Crippen molar-refractivity contribution in [2.24, 2.45) is 0 Å². The van der Waals surface area contributed by atoms with E-state index in [1.807, 2.05) is 36.4 Å². The number of aromatic nitrogens is 3. The van der Waals surface area contributed by atoms with Crippen molar-refractivity contribution < 1.29 is 4.42 Å². The Hall–Kier alpha value is -8.21. The molecule has 12 aromatic rings. The monoisotopic (exact) mass is 777 g/mol. The van der Waals surface area contributed by atoms with E-state index in [1.165, 1.54) is 43.6 Å². The van der Waals surface area contributed by atoms with Crippen LogP contribution < -0.4 is 0 Å². The van der Waals surface area contributed by atoms with E-state index in [9.17, 15) is 0 Å². The number of furan rings is 1. The Morgan fingerprint density at radius 3 is 1.48 bits per heavy atom. The van der Waals surface area contributed by atoms with Gasteiger partial charge in [0.05, 0.1) is 0 Å². The molecule has 61 heavy (non-hydrogen) atoms. The van der Waals surface area contributed by atoms with Crippen LogP contribution in [0.5, 0.6) is 0 Å². The third-order valence-corrected chi connectivity index (χ3v) is 11.9. The molecular weight excluding hydrogens is 743 g/mol. The average Bonchev–Trinajstić information content (AvgIpc) is 3.72. The highest BCUT2D eigenvalue weighted by atomic mass is 16.3. The molecule has 0 aliphatic heterocycles. The van der Waals surface area contributed by atoms with Gasteiger partial charge >= 0.3 is 0 Å². The maximum absolute atomic E-state index is 6.71. The smallest absolute Gasteiger partial charge is 0.164 e. The van der Waals surface area contributed by atoms with Crippen LogP contribution in [-0.2, 0) is 0 Å². The van der Waals surface area contributed by atoms with Gasteiger partial charge in [0.1, 0.15) is 11.2 Å². The molecule has 0 fully saturated rings. The number of benzene rings is 10. The predicted molar refractivity (Wildman–Crippen MR) is 252 cm³/mol. The molecule has 284 valence electrons. The summed E-state index contributed by atoms with van der Waals surface area (Å²) < 4.78 is 6.71. The van der Waals surface area contributed by atoms with Gasteiger partial charge in [-0.1, -0.05) is 182 Å². The van der Waals surface area contributed by atoms with E-state index in [1.54, 1.807) is 0 Å². The maximum Gasteiger partial charge on any atom is 0.164 e. The summed E-state index contributed by atoms with van der Waals surface area (Å²) >= 11 is 0. The van der Waals surface area contributed by atoms with Crippen LogP contribution in [0, 0.1) is 0 Å². The molecule has 0 unspecified atom stereocenters. The normalized spacial score (nSPS) is 11.6. The van der Waals surface area contributed by atoms with Crippen molar-refractivity contribution in [1.82, 2.24) is 15.0 Å². The Bertz CT molecular complexity index is 3630. The second-order valence-electron chi connectivity index (χ2n) is 15.5. The Morgan fingerprint density at radius 1 is 0.262 bits per heavy atom. The number of rotatable bonds is 6. The van der Waals surface area contributed by atoms with E-state index in [-0.39, 0.29) is 0 Å². The van der Waals surface area contributed by atoms with Crippen LogP contribution in [-0.4, -0.2) is 15.0 Å². The van der Waals surface area contributed by atoms with Gasteiger partial charge in [-0.3, -0.25) is 0 Å². The van der Waals surface area contributed by atoms with Crippen molar-refractivity contribution in [3.63, 3.8) is 0 Å². The van der Waals surface area contributed by atoms with Crippen LogP contribution in [0.4, 0.5) is 0 Å². The third-order valence-electron chi connectivity index (χ3n) is 11.9. The van der Waals surface area contributed by atoms with E-state index in [0.717, 1.165) is 60.7 Å². The second-order valence-corrected chi connectivity index (χ2v) is 15.5. The molecule has 4 heteroatoms. The first-order valence-electron chi connectivity index (χ1n) is 20.6. The largest absolute Gasteiger partial charge is 0.455 e.